The van der Waals surface area contributed by atoms with E-state index in [1.54, 1.807) is 19.1 Å². The molecular weight excluding hydrogens is 306 g/mol. The van der Waals surface area contributed by atoms with Crippen LogP contribution in [0.1, 0.15) is 44.6 Å². The van der Waals surface area contributed by atoms with Gasteiger partial charge in [0.15, 0.2) is 0 Å². The first-order chi connectivity index (χ1) is 11.5. The molecule has 2 N–H and O–H groups in total. The smallest absolute Gasteiger partial charge is 0.315 e. The van der Waals surface area contributed by atoms with Gasteiger partial charge in [0.25, 0.3) is 0 Å². The highest BCUT2D eigenvalue weighted by Gasteiger charge is 2.35. The molecule has 1 unspecified atom stereocenters. The van der Waals surface area contributed by atoms with E-state index >= 15 is 0 Å². The van der Waals surface area contributed by atoms with Gasteiger partial charge < -0.3 is 15.2 Å². The first-order valence-corrected chi connectivity index (χ1v) is 8.66. The molecule has 24 heavy (non-hydrogen) atoms. The summed E-state index contributed by atoms with van der Waals surface area (Å²) in [5, 5.41) is 12.4. The lowest BCUT2D eigenvalue weighted by Crippen LogP contribution is -2.44. The molecule has 1 aliphatic rings. The first-order valence-electron chi connectivity index (χ1n) is 8.66. The highest BCUT2D eigenvalue weighted by molar-refractivity contribution is 5.83. The highest BCUT2D eigenvalue weighted by Crippen LogP contribution is 2.24. The molecule has 0 bridgehead atoms. The van der Waals surface area contributed by atoms with Crippen LogP contribution in [-0.4, -0.2) is 36.7 Å². The van der Waals surface area contributed by atoms with Crippen molar-refractivity contribution in [3.8, 4) is 0 Å². The Morgan fingerprint density at radius 1 is 1.25 bits per heavy atom. The average molecular weight is 333 g/mol. The van der Waals surface area contributed by atoms with Crippen LogP contribution in [0.5, 0.6) is 0 Å². The van der Waals surface area contributed by atoms with E-state index in [9.17, 15) is 14.7 Å². The molecule has 0 radical (unpaired) electrons. The van der Waals surface area contributed by atoms with Gasteiger partial charge >= 0.3 is 5.97 Å². The van der Waals surface area contributed by atoms with Crippen LogP contribution < -0.4 is 5.32 Å². The summed E-state index contributed by atoms with van der Waals surface area (Å²) in [6, 6.07) is 9.04. The Balaban J connectivity index is 1.79. The van der Waals surface area contributed by atoms with Gasteiger partial charge in [-0.2, -0.15) is 0 Å². The van der Waals surface area contributed by atoms with Gasteiger partial charge in [-0.25, -0.2) is 0 Å². The lowest BCUT2D eigenvalue weighted by atomic mass is 9.82. The van der Waals surface area contributed by atoms with Crippen LogP contribution in [-0.2, 0) is 19.7 Å². The average Bonchev–Trinajstić information content (AvgIpc) is 2.61. The van der Waals surface area contributed by atoms with Crippen molar-refractivity contribution in [3.63, 3.8) is 0 Å². The summed E-state index contributed by atoms with van der Waals surface area (Å²) >= 11 is 0. The lowest BCUT2D eigenvalue weighted by Gasteiger charge is -2.26. The standard InChI is InChI=1S/C19H27NO4/c1-19(18(22)23,16-7-3-2-4-8-16)14-20-17(21)9-5-6-15-10-12-24-13-11-15/h2-4,7-8,15H,5-6,9-14H2,1H3,(H,20,21)(H,22,23). The number of hydrogen-bond acceptors (Lipinski definition) is 3. The van der Waals surface area contributed by atoms with E-state index in [1.165, 1.54) is 0 Å². The van der Waals surface area contributed by atoms with Crippen LogP contribution >= 0.6 is 0 Å². The molecule has 0 saturated carbocycles. The Morgan fingerprint density at radius 2 is 1.92 bits per heavy atom. The van der Waals surface area contributed by atoms with Crippen LogP contribution in [0.4, 0.5) is 0 Å². The Bertz CT molecular complexity index is 540. The van der Waals surface area contributed by atoms with Crippen molar-refractivity contribution in [1.29, 1.82) is 0 Å². The molecule has 132 valence electrons. The molecule has 0 aromatic heterocycles. The molecule has 0 spiro atoms. The van der Waals surface area contributed by atoms with Gasteiger partial charge in [-0.05, 0) is 44.1 Å². The second-order valence-corrected chi connectivity index (χ2v) is 6.73. The molecule has 1 heterocycles. The third-order valence-corrected chi connectivity index (χ3v) is 4.88. The fourth-order valence-corrected chi connectivity index (χ4v) is 3.06. The molecule has 1 atom stereocenters. The van der Waals surface area contributed by atoms with Gasteiger partial charge in [0, 0.05) is 26.2 Å². The van der Waals surface area contributed by atoms with Crippen molar-refractivity contribution >= 4 is 11.9 Å². The van der Waals surface area contributed by atoms with Crippen molar-refractivity contribution in [2.75, 3.05) is 19.8 Å². The zero-order valence-corrected chi connectivity index (χ0v) is 14.3. The monoisotopic (exact) mass is 333 g/mol. The third kappa shape index (κ3) is 5.06. The van der Waals surface area contributed by atoms with Gasteiger partial charge in [-0.3, -0.25) is 9.59 Å². The van der Waals surface area contributed by atoms with E-state index in [4.69, 9.17) is 4.74 Å². The number of benzene rings is 1. The first kappa shape index (κ1) is 18.5. The number of rotatable bonds is 8. The van der Waals surface area contributed by atoms with Crippen molar-refractivity contribution < 1.29 is 19.4 Å². The van der Waals surface area contributed by atoms with E-state index in [1.807, 2.05) is 18.2 Å². The number of aliphatic carboxylic acids is 1. The number of carboxylic acid groups (broad SMARTS) is 1. The van der Waals surface area contributed by atoms with E-state index in [0.717, 1.165) is 38.9 Å². The molecule has 2 rings (SSSR count). The molecule has 5 heteroatoms. The Morgan fingerprint density at radius 3 is 2.54 bits per heavy atom. The van der Waals surface area contributed by atoms with Gasteiger partial charge in [0.05, 0.1) is 0 Å². The number of carbonyl (C=O) groups is 2. The largest absolute Gasteiger partial charge is 0.481 e. The fourth-order valence-electron chi connectivity index (χ4n) is 3.06. The minimum Gasteiger partial charge on any atom is -0.481 e. The normalized spacial score (nSPS) is 17.9. The van der Waals surface area contributed by atoms with Gasteiger partial charge in [-0.1, -0.05) is 30.3 Å². The predicted octanol–water partition coefficient (Wildman–Crippen LogP) is 2.74. The minimum absolute atomic E-state index is 0.0783. The lowest BCUT2D eigenvalue weighted by molar-refractivity contribution is -0.143. The molecule has 1 saturated heterocycles. The molecular formula is C19H27NO4. The van der Waals surface area contributed by atoms with Gasteiger partial charge in [-0.15, -0.1) is 0 Å². The maximum absolute atomic E-state index is 12.1. The zero-order chi connectivity index (χ0) is 17.4. The number of amides is 1. The number of nitrogens with one attached hydrogen (secondary N) is 1. The maximum Gasteiger partial charge on any atom is 0.315 e. The van der Waals surface area contributed by atoms with E-state index < -0.39 is 11.4 Å². The van der Waals surface area contributed by atoms with Gasteiger partial charge in [0.1, 0.15) is 5.41 Å². The summed E-state index contributed by atoms with van der Waals surface area (Å²) in [4.78, 5) is 23.7. The van der Waals surface area contributed by atoms with Crippen molar-refractivity contribution in [2.45, 2.75) is 44.4 Å². The van der Waals surface area contributed by atoms with Crippen LogP contribution in [0.15, 0.2) is 30.3 Å². The molecule has 1 amide bonds. The molecule has 1 aromatic rings. The summed E-state index contributed by atoms with van der Waals surface area (Å²) in [6.45, 7) is 3.39. The van der Waals surface area contributed by atoms with Crippen LogP contribution in [0.25, 0.3) is 0 Å². The topological polar surface area (TPSA) is 75.6 Å². The zero-order valence-electron chi connectivity index (χ0n) is 14.3. The predicted molar refractivity (Wildman–Crippen MR) is 91.8 cm³/mol. The molecule has 0 aliphatic carbocycles. The quantitative estimate of drug-likeness (QED) is 0.767. The van der Waals surface area contributed by atoms with Crippen LogP contribution in [0, 0.1) is 5.92 Å². The Hall–Kier alpha value is -1.88. The summed E-state index contributed by atoms with van der Waals surface area (Å²) in [5.74, 6) is -0.359. The van der Waals surface area contributed by atoms with Crippen molar-refractivity contribution in [1.82, 2.24) is 5.32 Å². The second kappa shape index (κ2) is 8.83. The second-order valence-electron chi connectivity index (χ2n) is 6.73. The number of carboxylic acids is 1. The van der Waals surface area contributed by atoms with E-state index in [2.05, 4.69) is 5.32 Å². The summed E-state index contributed by atoms with van der Waals surface area (Å²) in [6.07, 6.45) is 4.47. The van der Waals surface area contributed by atoms with Gasteiger partial charge in [0.2, 0.25) is 5.91 Å². The molecule has 1 aromatic carbocycles. The summed E-state index contributed by atoms with van der Waals surface area (Å²) < 4.78 is 5.33. The van der Waals surface area contributed by atoms with Crippen LogP contribution in [0.2, 0.25) is 0 Å². The van der Waals surface area contributed by atoms with Crippen molar-refractivity contribution in [2.24, 2.45) is 5.92 Å². The SMILES string of the molecule is CC(CNC(=O)CCCC1CCOCC1)(C(=O)O)c1ccccc1. The number of ether oxygens (including phenoxy) is 1. The van der Waals surface area contributed by atoms with E-state index in [0.29, 0.717) is 17.9 Å². The maximum atomic E-state index is 12.1. The number of hydrogen-bond donors (Lipinski definition) is 2. The number of carbonyl (C=O) groups excluding carboxylic acids is 1. The molecule has 5 nitrogen and oxygen atoms in total. The summed E-state index contributed by atoms with van der Waals surface area (Å²) in [7, 11) is 0. The fraction of sp³-hybridized carbons (Fsp3) is 0.579. The molecule has 1 aliphatic heterocycles. The van der Waals surface area contributed by atoms with E-state index in [-0.39, 0.29) is 12.5 Å². The Kier molecular flexibility index (Phi) is 6.79. The third-order valence-electron chi connectivity index (χ3n) is 4.88. The van der Waals surface area contributed by atoms with Crippen molar-refractivity contribution in [3.05, 3.63) is 35.9 Å². The Labute approximate surface area is 143 Å². The van der Waals surface area contributed by atoms with Crippen LogP contribution in [0.3, 0.4) is 0 Å². The molecule has 1 fully saturated rings. The minimum atomic E-state index is -1.11. The highest BCUT2D eigenvalue weighted by atomic mass is 16.5. The summed E-state index contributed by atoms with van der Waals surface area (Å²) in [5.41, 5.74) is -0.419.